The van der Waals surface area contributed by atoms with Crippen molar-refractivity contribution in [2.45, 2.75) is 29.9 Å². The summed E-state index contributed by atoms with van der Waals surface area (Å²) in [5, 5.41) is 29.3. The zero-order valence-electron chi connectivity index (χ0n) is 15.0. The molecule has 5 atom stereocenters. The lowest BCUT2D eigenvalue weighted by Gasteiger charge is -2.37. The number of methoxy groups -OCH3 is 1. The first-order valence-electron chi connectivity index (χ1n) is 8.77. The average molecular weight is 421 g/mol. The summed E-state index contributed by atoms with van der Waals surface area (Å²) in [6.07, 6.45) is -0.209. The molecule has 2 aromatic rings. The third kappa shape index (κ3) is 3.86. The van der Waals surface area contributed by atoms with Crippen LogP contribution in [0, 0.1) is 5.92 Å². The molecular weight excluding hydrogens is 400 g/mol. The van der Waals surface area contributed by atoms with Crippen LogP contribution in [0.2, 0.25) is 0 Å². The lowest BCUT2D eigenvalue weighted by Crippen LogP contribution is -2.52. The number of anilines is 2. The van der Waals surface area contributed by atoms with E-state index in [1.165, 1.54) is 23.1 Å². The second-order valence-corrected chi connectivity index (χ2v) is 8.65. The quantitative estimate of drug-likeness (QED) is 0.596. The van der Waals surface area contributed by atoms with Gasteiger partial charge in [-0.25, -0.2) is 4.98 Å². The van der Waals surface area contributed by atoms with Crippen LogP contribution < -0.4 is 15.4 Å². The number of carbonyl (C=O) groups is 1. The molecule has 1 aromatic heterocycles. The van der Waals surface area contributed by atoms with Crippen LogP contribution in [0.25, 0.3) is 0 Å². The van der Waals surface area contributed by atoms with Gasteiger partial charge in [0.25, 0.3) is 0 Å². The van der Waals surface area contributed by atoms with Gasteiger partial charge in [-0.1, -0.05) is 11.8 Å². The lowest BCUT2D eigenvalue weighted by molar-refractivity contribution is -0.124. The standard InChI is InChI=1S/C18H20N4O4S2/c1-26-10-4-2-9(3-5-10)20-18-21-13-14(24)12(23)8-11(15(13)28-18)16(25)22-17-19-6-7-27-17/h2-7,11-15,23-24H,8H2,1H3,(H,20,21)(H,19,22,25)/t11-,12+,13-,14-,15+/m0/s1. The molecular formula is C18H20N4O4S2. The minimum absolute atomic E-state index is 0.178. The van der Waals surface area contributed by atoms with Gasteiger partial charge in [-0.2, -0.15) is 0 Å². The molecule has 1 aromatic carbocycles. The predicted octanol–water partition coefficient (Wildman–Crippen LogP) is 1.78. The molecule has 0 radical (unpaired) electrons. The number of fused-ring (bicyclic) bond motifs is 1. The Kier molecular flexibility index (Phi) is 5.54. The van der Waals surface area contributed by atoms with E-state index in [2.05, 4.69) is 20.6 Å². The molecule has 0 saturated heterocycles. The molecule has 0 bridgehead atoms. The van der Waals surface area contributed by atoms with Crippen LogP contribution in [0.4, 0.5) is 10.8 Å². The first kappa shape index (κ1) is 19.2. The fourth-order valence-electron chi connectivity index (χ4n) is 3.39. The van der Waals surface area contributed by atoms with E-state index in [4.69, 9.17) is 4.74 Å². The molecule has 8 nitrogen and oxygen atoms in total. The van der Waals surface area contributed by atoms with Crippen LogP contribution in [-0.4, -0.2) is 56.9 Å². The number of nitrogens with one attached hydrogen (secondary N) is 2. The van der Waals surface area contributed by atoms with Crippen LogP contribution in [-0.2, 0) is 4.79 Å². The number of aliphatic imine (C=N–C) groups is 1. The van der Waals surface area contributed by atoms with Crippen molar-refractivity contribution >= 4 is 45.0 Å². The average Bonchev–Trinajstić information content (AvgIpc) is 3.35. The number of carbonyl (C=O) groups excluding carboxylic acids is 1. The topological polar surface area (TPSA) is 116 Å². The largest absolute Gasteiger partial charge is 0.497 e. The van der Waals surface area contributed by atoms with E-state index >= 15 is 0 Å². The maximum Gasteiger partial charge on any atom is 0.230 e. The van der Waals surface area contributed by atoms with Gasteiger partial charge in [0.1, 0.15) is 11.9 Å². The molecule has 2 aliphatic rings. The highest BCUT2D eigenvalue weighted by molar-refractivity contribution is 8.15. The number of aliphatic hydroxyl groups excluding tert-OH is 2. The maximum absolute atomic E-state index is 12.8. The third-order valence-corrected chi connectivity index (χ3v) is 6.83. The van der Waals surface area contributed by atoms with Gasteiger partial charge in [0.15, 0.2) is 10.3 Å². The molecule has 0 spiro atoms. The zero-order chi connectivity index (χ0) is 19.7. The fourth-order valence-corrected chi connectivity index (χ4v) is 5.30. The Bertz CT molecular complexity index is 859. The van der Waals surface area contributed by atoms with Gasteiger partial charge in [-0.15, -0.1) is 11.3 Å². The third-order valence-electron chi connectivity index (χ3n) is 4.83. The first-order valence-corrected chi connectivity index (χ1v) is 10.5. The van der Waals surface area contributed by atoms with E-state index in [1.807, 2.05) is 24.3 Å². The highest BCUT2D eigenvalue weighted by Crippen LogP contribution is 2.42. The number of nitrogens with zero attached hydrogens (tertiary/aromatic N) is 2. The molecule has 1 fully saturated rings. The molecule has 0 unspecified atom stereocenters. The van der Waals surface area contributed by atoms with E-state index in [0.29, 0.717) is 10.3 Å². The molecule has 2 heterocycles. The number of thioether (sulfide) groups is 1. The Labute approximate surface area is 170 Å². The number of benzene rings is 1. The van der Waals surface area contributed by atoms with Gasteiger partial charge >= 0.3 is 0 Å². The molecule has 1 saturated carbocycles. The smallest absolute Gasteiger partial charge is 0.230 e. The lowest BCUT2D eigenvalue weighted by atomic mass is 9.81. The second kappa shape index (κ2) is 8.08. The second-order valence-electron chi connectivity index (χ2n) is 6.59. The molecule has 10 heteroatoms. The van der Waals surface area contributed by atoms with E-state index < -0.39 is 24.2 Å². The van der Waals surface area contributed by atoms with E-state index in [0.717, 1.165) is 11.4 Å². The Morgan fingerprint density at radius 2 is 2.07 bits per heavy atom. The Hall–Kier alpha value is -2.14. The normalized spacial score (nSPS) is 29.0. The van der Waals surface area contributed by atoms with Crippen LogP contribution in [0.5, 0.6) is 5.75 Å². The number of aliphatic hydroxyl groups is 2. The molecule has 1 aliphatic heterocycles. The molecule has 4 N–H and O–H groups in total. The van der Waals surface area contributed by atoms with E-state index in [1.54, 1.807) is 18.7 Å². The van der Waals surface area contributed by atoms with Crippen molar-refractivity contribution in [3.63, 3.8) is 0 Å². The number of amides is 1. The number of rotatable bonds is 4. The van der Waals surface area contributed by atoms with Crippen molar-refractivity contribution in [2.24, 2.45) is 10.9 Å². The number of ether oxygens (including phenoxy) is 1. The molecule has 4 rings (SSSR count). The van der Waals surface area contributed by atoms with Crippen molar-refractivity contribution in [2.75, 3.05) is 17.7 Å². The number of amidine groups is 1. The van der Waals surface area contributed by atoms with Crippen LogP contribution in [0.1, 0.15) is 6.42 Å². The summed E-state index contributed by atoms with van der Waals surface area (Å²) in [6.45, 7) is 0. The van der Waals surface area contributed by atoms with E-state index in [-0.39, 0.29) is 17.6 Å². The minimum Gasteiger partial charge on any atom is -0.497 e. The van der Waals surface area contributed by atoms with Crippen molar-refractivity contribution < 1.29 is 19.7 Å². The molecule has 1 aliphatic carbocycles. The number of hydrogen-bond acceptors (Lipinski definition) is 9. The fraction of sp³-hybridized carbons (Fsp3) is 0.389. The Morgan fingerprint density at radius 3 is 2.75 bits per heavy atom. The summed E-state index contributed by atoms with van der Waals surface area (Å²) in [5.41, 5.74) is 0.824. The van der Waals surface area contributed by atoms with Crippen LogP contribution in [0.3, 0.4) is 0 Å². The predicted molar refractivity (Wildman–Crippen MR) is 110 cm³/mol. The van der Waals surface area contributed by atoms with Gasteiger partial charge in [0.2, 0.25) is 5.91 Å². The van der Waals surface area contributed by atoms with Crippen molar-refractivity contribution in [3.05, 3.63) is 35.8 Å². The van der Waals surface area contributed by atoms with Crippen molar-refractivity contribution in [1.29, 1.82) is 0 Å². The van der Waals surface area contributed by atoms with Gasteiger partial charge < -0.3 is 25.6 Å². The van der Waals surface area contributed by atoms with Crippen molar-refractivity contribution in [3.8, 4) is 5.75 Å². The van der Waals surface area contributed by atoms with Gasteiger partial charge in [-0.3, -0.25) is 9.79 Å². The Balaban J connectivity index is 1.49. The monoisotopic (exact) mass is 420 g/mol. The number of aromatic nitrogens is 1. The summed E-state index contributed by atoms with van der Waals surface area (Å²) in [6, 6.07) is 6.84. The highest BCUT2D eigenvalue weighted by Gasteiger charge is 2.50. The van der Waals surface area contributed by atoms with Crippen molar-refractivity contribution in [1.82, 2.24) is 4.98 Å². The van der Waals surface area contributed by atoms with Gasteiger partial charge in [0.05, 0.1) is 25.2 Å². The summed E-state index contributed by atoms with van der Waals surface area (Å²) in [7, 11) is 1.60. The first-order chi connectivity index (χ1) is 13.5. The highest BCUT2D eigenvalue weighted by atomic mass is 32.2. The molecule has 28 heavy (non-hydrogen) atoms. The van der Waals surface area contributed by atoms with Crippen LogP contribution >= 0.6 is 23.1 Å². The zero-order valence-corrected chi connectivity index (χ0v) is 16.6. The number of hydrogen-bond donors (Lipinski definition) is 4. The number of thiazole rings is 1. The summed E-state index contributed by atoms with van der Waals surface area (Å²) >= 11 is 2.75. The maximum atomic E-state index is 12.8. The summed E-state index contributed by atoms with van der Waals surface area (Å²) in [4.78, 5) is 21.4. The Morgan fingerprint density at radius 1 is 1.29 bits per heavy atom. The molecule has 148 valence electrons. The molecule has 1 amide bonds. The minimum atomic E-state index is -1.00. The summed E-state index contributed by atoms with van der Waals surface area (Å²) < 4.78 is 5.15. The van der Waals surface area contributed by atoms with E-state index in [9.17, 15) is 15.0 Å². The summed E-state index contributed by atoms with van der Waals surface area (Å²) in [5.74, 6) is 0.0400. The SMILES string of the molecule is COc1ccc(NC2=N[C@H]3[C@@H](O)[C@H](O)C[C@H](C(=O)Nc4nccs4)[C@H]3S2)cc1. The van der Waals surface area contributed by atoms with Gasteiger partial charge in [0, 0.05) is 22.5 Å². The van der Waals surface area contributed by atoms with Crippen LogP contribution in [0.15, 0.2) is 40.8 Å². The van der Waals surface area contributed by atoms with Gasteiger partial charge in [-0.05, 0) is 30.7 Å².